The van der Waals surface area contributed by atoms with Crippen LogP contribution in [-0.2, 0) is 20.9 Å². The second-order valence-electron chi connectivity index (χ2n) is 5.26. The Morgan fingerprint density at radius 3 is 2.62 bits per heavy atom. The number of ether oxygens (including phenoxy) is 1. The Kier molecular flexibility index (Phi) is 6.25. The first-order valence-electron chi connectivity index (χ1n) is 7.45. The molecule has 2 aromatic rings. The highest BCUT2D eigenvalue weighted by atomic mass is 19.1. The molecule has 1 N–H and O–H groups in total. The van der Waals surface area contributed by atoms with Crippen LogP contribution in [0.5, 0.6) is 0 Å². The summed E-state index contributed by atoms with van der Waals surface area (Å²) in [5, 5.41) is 2.59. The first kappa shape index (κ1) is 17.4. The molecule has 124 valence electrons. The highest BCUT2D eigenvalue weighted by molar-refractivity contribution is 5.89. The van der Waals surface area contributed by atoms with Crippen LogP contribution in [0.15, 0.2) is 54.6 Å². The SMILES string of the molecule is Cc1cccc(/C=C/C(=O)OCC(=O)NCc2ccc(F)cc2)c1. The minimum absolute atomic E-state index is 0.246. The van der Waals surface area contributed by atoms with Crippen molar-refractivity contribution in [3.05, 3.63) is 77.1 Å². The lowest BCUT2D eigenvalue weighted by atomic mass is 10.1. The van der Waals surface area contributed by atoms with Crippen molar-refractivity contribution in [3.63, 3.8) is 0 Å². The largest absolute Gasteiger partial charge is 0.452 e. The number of hydrogen-bond donors (Lipinski definition) is 1. The van der Waals surface area contributed by atoms with Crippen molar-refractivity contribution in [2.45, 2.75) is 13.5 Å². The van der Waals surface area contributed by atoms with Gasteiger partial charge in [0.15, 0.2) is 6.61 Å². The predicted octanol–water partition coefficient (Wildman–Crippen LogP) is 3.01. The number of benzene rings is 2. The quantitative estimate of drug-likeness (QED) is 0.655. The highest BCUT2D eigenvalue weighted by Gasteiger charge is 2.05. The van der Waals surface area contributed by atoms with Gasteiger partial charge in [0, 0.05) is 12.6 Å². The fourth-order valence-electron chi connectivity index (χ4n) is 1.98. The Morgan fingerprint density at radius 2 is 1.92 bits per heavy atom. The molecule has 0 aliphatic rings. The van der Waals surface area contributed by atoms with Gasteiger partial charge in [-0.15, -0.1) is 0 Å². The normalized spacial score (nSPS) is 10.6. The maximum atomic E-state index is 12.8. The fourth-order valence-corrected chi connectivity index (χ4v) is 1.98. The molecule has 5 heteroatoms. The lowest BCUT2D eigenvalue weighted by Crippen LogP contribution is -2.28. The zero-order chi connectivity index (χ0) is 17.4. The van der Waals surface area contributed by atoms with Crippen molar-refractivity contribution in [1.82, 2.24) is 5.32 Å². The van der Waals surface area contributed by atoms with E-state index in [1.165, 1.54) is 18.2 Å². The van der Waals surface area contributed by atoms with Gasteiger partial charge < -0.3 is 10.1 Å². The number of hydrogen-bond acceptors (Lipinski definition) is 3. The molecular weight excluding hydrogens is 309 g/mol. The summed E-state index contributed by atoms with van der Waals surface area (Å²) >= 11 is 0. The summed E-state index contributed by atoms with van der Waals surface area (Å²) in [6, 6.07) is 13.4. The molecule has 0 saturated carbocycles. The van der Waals surface area contributed by atoms with Crippen LogP contribution >= 0.6 is 0 Å². The lowest BCUT2D eigenvalue weighted by Gasteiger charge is -2.05. The van der Waals surface area contributed by atoms with Crippen molar-refractivity contribution >= 4 is 18.0 Å². The summed E-state index contributed by atoms with van der Waals surface area (Å²) in [5.74, 6) is -1.34. The van der Waals surface area contributed by atoms with Crippen molar-refractivity contribution in [1.29, 1.82) is 0 Å². The molecule has 2 aromatic carbocycles. The summed E-state index contributed by atoms with van der Waals surface area (Å²) in [7, 11) is 0. The number of carbonyl (C=O) groups excluding carboxylic acids is 2. The minimum atomic E-state index is -0.589. The van der Waals surface area contributed by atoms with Gasteiger partial charge in [-0.05, 0) is 36.3 Å². The van der Waals surface area contributed by atoms with Crippen LogP contribution < -0.4 is 5.32 Å². The molecule has 1 amide bonds. The van der Waals surface area contributed by atoms with Gasteiger partial charge in [-0.2, -0.15) is 0 Å². The molecule has 0 fully saturated rings. The zero-order valence-electron chi connectivity index (χ0n) is 13.3. The van der Waals surface area contributed by atoms with E-state index in [9.17, 15) is 14.0 Å². The van der Waals surface area contributed by atoms with E-state index >= 15 is 0 Å². The maximum Gasteiger partial charge on any atom is 0.331 e. The molecule has 0 aliphatic heterocycles. The van der Waals surface area contributed by atoms with E-state index in [0.29, 0.717) is 0 Å². The van der Waals surface area contributed by atoms with Crippen LogP contribution in [0.1, 0.15) is 16.7 Å². The van der Waals surface area contributed by atoms with Gasteiger partial charge in [-0.3, -0.25) is 4.79 Å². The van der Waals surface area contributed by atoms with E-state index < -0.39 is 11.9 Å². The number of halogens is 1. The lowest BCUT2D eigenvalue weighted by molar-refractivity contribution is -0.143. The van der Waals surface area contributed by atoms with Gasteiger partial charge in [-0.25, -0.2) is 9.18 Å². The molecule has 0 atom stereocenters. The molecule has 0 spiro atoms. The number of amides is 1. The standard InChI is InChI=1S/C19H18FNO3/c1-14-3-2-4-15(11-14)7-10-19(23)24-13-18(22)21-12-16-5-8-17(20)9-6-16/h2-11H,12-13H2,1H3,(H,21,22)/b10-7+. The fraction of sp³-hybridized carbons (Fsp3) is 0.158. The molecule has 0 saturated heterocycles. The molecule has 0 aliphatic carbocycles. The number of carbonyl (C=O) groups is 2. The van der Waals surface area contributed by atoms with E-state index in [0.717, 1.165) is 16.7 Å². The molecule has 0 bridgehead atoms. The number of rotatable bonds is 6. The van der Waals surface area contributed by atoms with Crippen molar-refractivity contribution in [3.8, 4) is 0 Å². The molecule has 2 rings (SSSR count). The monoisotopic (exact) mass is 327 g/mol. The first-order chi connectivity index (χ1) is 11.5. The molecule has 0 unspecified atom stereocenters. The van der Waals surface area contributed by atoms with Gasteiger partial charge in [0.2, 0.25) is 0 Å². The van der Waals surface area contributed by atoms with Crippen molar-refractivity contribution in [2.75, 3.05) is 6.61 Å². The third-order valence-electron chi connectivity index (χ3n) is 3.20. The summed E-state index contributed by atoms with van der Waals surface area (Å²) in [6.45, 7) is 1.84. The molecule has 4 nitrogen and oxygen atoms in total. The third-order valence-corrected chi connectivity index (χ3v) is 3.20. The average Bonchev–Trinajstić information content (AvgIpc) is 2.57. The Morgan fingerprint density at radius 1 is 1.17 bits per heavy atom. The maximum absolute atomic E-state index is 12.8. The molecular formula is C19H18FNO3. The van der Waals surface area contributed by atoms with Gasteiger partial charge in [0.05, 0.1) is 0 Å². The topological polar surface area (TPSA) is 55.4 Å². The highest BCUT2D eigenvalue weighted by Crippen LogP contribution is 2.06. The Bertz CT molecular complexity index is 739. The Labute approximate surface area is 140 Å². The predicted molar refractivity (Wildman–Crippen MR) is 89.4 cm³/mol. The van der Waals surface area contributed by atoms with Crippen LogP contribution in [0.3, 0.4) is 0 Å². The summed E-state index contributed by atoms with van der Waals surface area (Å²) in [6.07, 6.45) is 2.91. The van der Waals surface area contributed by atoms with Crippen LogP contribution in [-0.4, -0.2) is 18.5 Å². The average molecular weight is 327 g/mol. The van der Waals surface area contributed by atoms with Gasteiger partial charge in [-0.1, -0.05) is 42.0 Å². The second-order valence-corrected chi connectivity index (χ2v) is 5.26. The van der Waals surface area contributed by atoms with Gasteiger partial charge in [0.1, 0.15) is 5.82 Å². The molecule has 24 heavy (non-hydrogen) atoms. The van der Waals surface area contributed by atoms with Crippen LogP contribution in [0.4, 0.5) is 4.39 Å². The Hall–Kier alpha value is -2.95. The van der Waals surface area contributed by atoms with Crippen LogP contribution in [0.2, 0.25) is 0 Å². The third kappa shape index (κ3) is 6.04. The number of esters is 1. The van der Waals surface area contributed by atoms with E-state index in [-0.39, 0.29) is 19.0 Å². The van der Waals surface area contributed by atoms with E-state index in [1.807, 2.05) is 31.2 Å². The summed E-state index contributed by atoms with van der Waals surface area (Å²) < 4.78 is 17.6. The molecule has 0 radical (unpaired) electrons. The van der Waals surface area contributed by atoms with Crippen LogP contribution in [0, 0.1) is 12.7 Å². The minimum Gasteiger partial charge on any atom is -0.452 e. The molecule has 0 aromatic heterocycles. The van der Waals surface area contributed by atoms with Gasteiger partial charge in [0.25, 0.3) is 5.91 Å². The van der Waals surface area contributed by atoms with Crippen LogP contribution in [0.25, 0.3) is 6.08 Å². The Balaban J connectivity index is 1.72. The van der Waals surface area contributed by atoms with Crippen molar-refractivity contribution in [2.24, 2.45) is 0 Å². The van der Waals surface area contributed by atoms with Crippen molar-refractivity contribution < 1.29 is 18.7 Å². The molecule has 0 heterocycles. The number of aryl methyl sites for hydroxylation is 1. The summed E-state index contributed by atoms with van der Waals surface area (Å²) in [5.41, 5.74) is 2.73. The summed E-state index contributed by atoms with van der Waals surface area (Å²) in [4.78, 5) is 23.2. The van der Waals surface area contributed by atoms with E-state index in [1.54, 1.807) is 18.2 Å². The van der Waals surface area contributed by atoms with E-state index in [2.05, 4.69) is 5.32 Å². The second kappa shape index (κ2) is 8.62. The zero-order valence-corrected chi connectivity index (χ0v) is 13.3. The number of nitrogens with one attached hydrogen (secondary N) is 1. The first-order valence-corrected chi connectivity index (χ1v) is 7.45. The van der Waals surface area contributed by atoms with E-state index in [4.69, 9.17) is 4.74 Å². The van der Waals surface area contributed by atoms with Gasteiger partial charge >= 0.3 is 5.97 Å². The smallest absolute Gasteiger partial charge is 0.331 e.